The minimum atomic E-state index is -0.418. The minimum Gasteiger partial charge on any atom is -0.469 e. The summed E-state index contributed by atoms with van der Waals surface area (Å²) in [5.41, 5.74) is 0.106. The van der Waals surface area contributed by atoms with Gasteiger partial charge >= 0.3 is 5.63 Å². The van der Waals surface area contributed by atoms with Crippen LogP contribution < -0.4 is 5.63 Å². The van der Waals surface area contributed by atoms with Gasteiger partial charge in [0.25, 0.3) is 0 Å². The molecule has 0 aliphatic rings. The molecule has 0 unspecified atom stereocenters. The van der Waals surface area contributed by atoms with Gasteiger partial charge in [-0.3, -0.25) is 0 Å². The Bertz CT molecular complexity index is 400. The van der Waals surface area contributed by atoms with E-state index in [2.05, 4.69) is 9.40 Å². The van der Waals surface area contributed by atoms with Crippen LogP contribution in [-0.2, 0) is 0 Å². The highest BCUT2D eigenvalue weighted by molar-refractivity contribution is 5.74. The highest BCUT2D eigenvalue weighted by Gasteiger charge is 2.00. The van der Waals surface area contributed by atoms with Gasteiger partial charge in [0.05, 0.1) is 0 Å². The Morgan fingerprint density at radius 1 is 1.40 bits per heavy atom. The van der Waals surface area contributed by atoms with Gasteiger partial charge in [0, 0.05) is 0 Å². The van der Waals surface area contributed by atoms with E-state index in [0.717, 1.165) is 6.39 Å². The van der Waals surface area contributed by atoms with Crippen molar-refractivity contribution in [1.82, 2.24) is 4.98 Å². The van der Waals surface area contributed by atoms with Gasteiger partial charge in [-0.15, -0.1) is 0 Å². The first kappa shape index (κ1) is 5.22. The molecule has 0 amide bonds. The lowest BCUT2D eigenvalue weighted by Gasteiger charge is -1.79. The summed E-state index contributed by atoms with van der Waals surface area (Å²) in [6.45, 7) is 0. The summed E-state index contributed by atoms with van der Waals surface area (Å²) in [6, 6.07) is 0. The summed E-state index contributed by atoms with van der Waals surface area (Å²) >= 11 is 0. The normalized spacial score (nSPS) is 10.4. The highest BCUT2D eigenvalue weighted by Crippen LogP contribution is 2.05. The van der Waals surface area contributed by atoms with Crippen LogP contribution in [0.25, 0.3) is 10.9 Å². The molecule has 0 aromatic carbocycles. The van der Waals surface area contributed by atoms with Gasteiger partial charge in [-0.2, -0.15) is 0 Å². The SMILES string of the molecule is O=c1ocnc2cocc12. The number of rotatable bonds is 0. The van der Waals surface area contributed by atoms with Crippen LogP contribution in [0.4, 0.5) is 0 Å². The third-order valence-corrected chi connectivity index (χ3v) is 1.21. The van der Waals surface area contributed by atoms with E-state index in [0.29, 0.717) is 10.9 Å². The Balaban J connectivity index is 3.09. The average molecular weight is 137 g/mol. The van der Waals surface area contributed by atoms with Crippen molar-refractivity contribution < 1.29 is 8.83 Å². The molecule has 2 heterocycles. The maximum absolute atomic E-state index is 10.8. The van der Waals surface area contributed by atoms with Crippen molar-refractivity contribution in [2.75, 3.05) is 0 Å². The summed E-state index contributed by atoms with van der Waals surface area (Å²) in [4.78, 5) is 14.5. The van der Waals surface area contributed by atoms with Crippen LogP contribution in [-0.4, -0.2) is 4.98 Å². The van der Waals surface area contributed by atoms with Gasteiger partial charge in [0.15, 0.2) is 6.39 Å². The number of fused-ring (bicyclic) bond motifs is 1. The summed E-state index contributed by atoms with van der Waals surface area (Å²) in [5.74, 6) is 0. The van der Waals surface area contributed by atoms with Crippen LogP contribution in [0.2, 0.25) is 0 Å². The van der Waals surface area contributed by atoms with Crippen molar-refractivity contribution in [3.05, 3.63) is 29.3 Å². The zero-order chi connectivity index (χ0) is 6.97. The second-order valence-corrected chi connectivity index (χ2v) is 1.81. The standard InChI is InChI=1S/C6H3NO3/c8-6-4-1-9-2-5(4)7-3-10-6/h1-3H. The fourth-order valence-electron chi connectivity index (χ4n) is 0.738. The third kappa shape index (κ3) is 0.556. The monoisotopic (exact) mass is 137 g/mol. The zero-order valence-corrected chi connectivity index (χ0v) is 4.90. The summed E-state index contributed by atoms with van der Waals surface area (Å²) in [5, 5.41) is 0.377. The predicted molar refractivity (Wildman–Crippen MR) is 32.5 cm³/mol. The maximum Gasteiger partial charge on any atom is 0.349 e. The van der Waals surface area contributed by atoms with Crippen molar-refractivity contribution >= 4 is 10.9 Å². The second kappa shape index (κ2) is 1.70. The number of hydrogen-bond donors (Lipinski definition) is 0. The fraction of sp³-hybridized carbons (Fsp3) is 0. The number of aromatic nitrogens is 1. The molecule has 50 valence electrons. The van der Waals surface area contributed by atoms with E-state index in [-0.39, 0.29) is 0 Å². The molecule has 0 fully saturated rings. The molecule has 0 aliphatic carbocycles. The average Bonchev–Trinajstić information content (AvgIpc) is 2.36. The van der Waals surface area contributed by atoms with E-state index in [1.165, 1.54) is 12.5 Å². The van der Waals surface area contributed by atoms with Crippen LogP contribution in [0.1, 0.15) is 0 Å². The molecular weight excluding hydrogens is 134 g/mol. The van der Waals surface area contributed by atoms with Crippen molar-refractivity contribution in [3.63, 3.8) is 0 Å². The van der Waals surface area contributed by atoms with Crippen molar-refractivity contribution in [3.8, 4) is 0 Å². The molecule has 0 saturated heterocycles. The molecule has 0 atom stereocenters. The first-order valence-corrected chi connectivity index (χ1v) is 2.67. The Morgan fingerprint density at radius 3 is 3.10 bits per heavy atom. The van der Waals surface area contributed by atoms with Crippen LogP contribution in [0.15, 0.2) is 32.5 Å². The number of nitrogens with zero attached hydrogens (tertiary/aromatic N) is 1. The zero-order valence-electron chi connectivity index (χ0n) is 4.90. The largest absolute Gasteiger partial charge is 0.469 e. The van der Waals surface area contributed by atoms with Crippen LogP contribution in [0, 0.1) is 0 Å². The Morgan fingerprint density at radius 2 is 2.30 bits per heavy atom. The number of hydrogen-bond acceptors (Lipinski definition) is 4. The minimum absolute atomic E-state index is 0.377. The summed E-state index contributed by atoms with van der Waals surface area (Å²) < 4.78 is 9.20. The van der Waals surface area contributed by atoms with Gasteiger partial charge in [-0.1, -0.05) is 0 Å². The van der Waals surface area contributed by atoms with E-state index in [1.54, 1.807) is 0 Å². The Kier molecular flexibility index (Phi) is 0.887. The molecule has 0 N–H and O–H groups in total. The maximum atomic E-state index is 10.8. The molecule has 10 heavy (non-hydrogen) atoms. The van der Waals surface area contributed by atoms with Gasteiger partial charge < -0.3 is 8.83 Å². The first-order chi connectivity index (χ1) is 4.88. The Hall–Kier alpha value is -1.58. The lowest BCUT2D eigenvalue weighted by molar-refractivity contribution is 0.501. The summed E-state index contributed by atoms with van der Waals surface area (Å²) in [7, 11) is 0. The molecule has 4 heteroatoms. The lowest BCUT2D eigenvalue weighted by atomic mass is 10.4. The van der Waals surface area contributed by atoms with Gasteiger partial charge in [-0.25, -0.2) is 9.78 Å². The molecule has 4 nitrogen and oxygen atoms in total. The third-order valence-electron chi connectivity index (χ3n) is 1.21. The highest BCUT2D eigenvalue weighted by atomic mass is 16.4. The van der Waals surface area contributed by atoms with Crippen molar-refractivity contribution in [2.24, 2.45) is 0 Å². The quantitative estimate of drug-likeness (QED) is 0.538. The van der Waals surface area contributed by atoms with Crippen LogP contribution in [0.5, 0.6) is 0 Å². The molecule has 0 spiro atoms. The fourth-order valence-corrected chi connectivity index (χ4v) is 0.738. The Labute approximate surface area is 55.1 Å². The van der Waals surface area contributed by atoms with Gasteiger partial charge in [0.1, 0.15) is 23.4 Å². The molecule has 0 radical (unpaired) electrons. The molecule has 2 rings (SSSR count). The van der Waals surface area contributed by atoms with E-state index >= 15 is 0 Å². The lowest BCUT2D eigenvalue weighted by Crippen LogP contribution is -1.96. The van der Waals surface area contributed by atoms with Crippen LogP contribution >= 0.6 is 0 Å². The number of furan rings is 1. The molecule has 0 saturated carbocycles. The molecule has 2 aromatic heterocycles. The molecule has 0 aliphatic heterocycles. The van der Waals surface area contributed by atoms with Crippen molar-refractivity contribution in [1.29, 1.82) is 0 Å². The van der Waals surface area contributed by atoms with Crippen LogP contribution in [0.3, 0.4) is 0 Å². The predicted octanol–water partition coefficient (Wildman–Crippen LogP) is 0.781. The van der Waals surface area contributed by atoms with E-state index < -0.39 is 5.63 Å². The van der Waals surface area contributed by atoms with Crippen molar-refractivity contribution in [2.45, 2.75) is 0 Å². The smallest absolute Gasteiger partial charge is 0.349 e. The van der Waals surface area contributed by atoms with Gasteiger partial charge in [-0.05, 0) is 0 Å². The van der Waals surface area contributed by atoms with E-state index in [4.69, 9.17) is 4.42 Å². The summed E-state index contributed by atoms with van der Waals surface area (Å²) in [6.07, 6.45) is 3.81. The van der Waals surface area contributed by atoms with E-state index in [9.17, 15) is 4.79 Å². The molecule has 0 bridgehead atoms. The first-order valence-electron chi connectivity index (χ1n) is 2.67. The molecular formula is C6H3NO3. The molecule has 2 aromatic rings. The van der Waals surface area contributed by atoms with E-state index in [1.807, 2.05) is 0 Å². The topological polar surface area (TPSA) is 56.2 Å². The second-order valence-electron chi connectivity index (χ2n) is 1.81. The van der Waals surface area contributed by atoms with Gasteiger partial charge in [0.2, 0.25) is 0 Å².